The van der Waals surface area contributed by atoms with Gasteiger partial charge in [0.05, 0.1) is 6.10 Å². The molecule has 0 aromatic rings. The van der Waals surface area contributed by atoms with Crippen molar-refractivity contribution in [2.45, 2.75) is 39.2 Å². The zero-order valence-electron chi connectivity index (χ0n) is 6.02. The van der Waals surface area contributed by atoms with Crippen LogP contribution in [-0.4, -0.2) is 11.7 Å². The van der Waals surface area contributed by atoms with Crippen molar-refractivity contribution in [3.63, 3.8) is 0 Å². The van der Waals surface area contributed by atoms with E-state index in [1.54, 1.807) is 0 Å². The SMILES string of the molecule is CCCCC(C)O[C]=S. The maximum atomic E-state index is 4.91. The second kappa shape index (κ2) is 6.02. The zero-order chi connectivity index (χ0) is 7.11. The maximum absolute atomic E-state index is 4.91. The largest absolute Gasteiger partial charge is 0.477 e. The summed E-state index contributed by atoms with van der Waals surface area (Å²) in [5.74, 6) is 0. The normalized spacial score (nSPS) is 12.7. The maximum Gasteiger partial charge on any atom is 0.239 e. The Morgan fingerprint density at radius 1 is 1.67 bits per heavy atom. The topological polar surface area (TPSA) is 9.23 Å². The van der Waals surface area contributed by atoms with Gasteiger partial charge in [0, 0.05) is 0 Å². The molecule has 0 bridgehead atoms. The molecule has 0 fully saturated rings. The highest BCUT2D eigenvalue weighted by atomic mass is 32.1. The van der Waals surface area contributed by atoms with E-state index < -0.39 is 0 Å². The summed E-state index contributed by atoms with van der Waals surface area (Å²) < 4.78 is 4.91. The summed E-state index contributed by atoms with van der Waals surface area (Å²) in [5, 5.41) is 0. The Labute approximate surface area is 62.4 Å². The molecule has 53 valence electrons. The van der Waals surface area contributed by atoms with Crippen molar-refractivity contribution >= 4 is 17.8 Å². The van der Waals surface area contributed by atoms with Gasteiger partial charge in [0.25, 0.3) is 0 Å². The minimum atomic E-state index is 0.252. The Kier molecular flexibility index (Phi) is 5.94. The van der Waals surface area contributed by atoms with Gasteiger partial charge in [-0.1, -0.05) is 19.8 Å². The van der Waals surface area contributed by atoms with E-state index in [2.05, 4.69) is 24.7 Å². The quantitative estimate of drug-likeness (QED) is 0.549. The van der Waals surface area contributed by atoms with Crippen LogP contribution in [0.25, 0.3) is 0 Å². The number of hydrogen-bond donors (Lipinski definition) is 0. The highest BCUT2D eigenvalue weighted by molar-refractivity contribution is 7.78. The van der Waals surface area contributed by atoms with Crippen molar-refractivity contribution in [1.82, 2.24) is 0 Å². The molecule has 0 N–H and O–H groups in total. The van der Waals surface area contributed by atoms with Gasteiger partial charge in [-0.15, -0.1) is 0 Å². The Balaban J connectivity index is 3.04. The zero-order valence-corrected chi connectivity index (χ0v) is 6.83. The number of unbranched alkanes of at least 4 members (excludes halogenated alkanes) is 1. The van der Waals surface area contributed by atoms with Crippen molar-refractivity contribution in [1.29, 1.82) is 0 Å². The average Bonchev–Trinajstić information content (AvgIpc) is 1.85. The molecule has 1 nitrogen and oxygen atoms in total. The lowest BCUT2D eigenvalue weighted by molar-refractivity contribution is 0.210. The van der Waals surface area contributed by atoms with Crippen LogP contribution in [0.1, 0.15) is 33.1 Å². The van der Waals surface area contributed by atoms with E-state index in [1.807, 2.05) is 6.92 Å². The second-order valence-electron chi connectivity index (χ2n) is 2.15. The molecular weight excluding hydrogens is 132 g/mol. The molecule has 0 spiro atoms. The molecule has 9 heavy (non-hydrogen) atoms. The summed E-state index contributed by atoms with van der Waals surface area (Å²) in [7, 11) is 0. The molecule has 0 heterocycles. The van der Waals surface area contributed by atoms with Gasteiger partial charge in [0.15, 0.2) is 0 Å². The predicted molar refractivity (Wildman–Crippen MR) is 42.7 cm³/mol. The third-order valence-electron chi connectivity index (χ3n) is 1.21. The summed E-state index contributed by atoms with van der Waals surface area (Å²) in [6.45, 7) is 4.17. The summed E-state index contributed by atoms with van der Waals surface area (Å²) >= 11 is 4.41. The van der Waals surface area contributed by atoms with Crippen molar-refractivity contribution in [2.24, 2.45) is 0 Å². The molecule has 0 aliphatic heterocycles. The lowest BCUT2D eigenvalue weighted by atomic mass is 10.2. The number of thiocarbonyl (C=S) groups is 1. The third-order valence-corrected chi connectivity index (χ3v) is 1.31. The summed E-state index contributed by atoms with van der Waals surface area (Å²) in [6.07, 6.45) is 3.76. The Bertz CT molecular complexity index is 73.3. The van der Waals surface area contributed by atoms with Gasteiger partial charge in [-0.25, -0.2) is 0 Å². The predicted octanol–water partition coefficient (Wildman–Crippen LogP) is 2.42. The van der Waals surface area contributed by atoms with Crippen LogP contribution in [0.4, 0.5) is 0 Å². The molecule has 1 unspecified atom stereocenters. The van der Waals surface area contributed by atoms with Crippen LogP contribution in [0.2, 0.25) is 0 Å². The minimum absolute atomic E-state index is 0.252. The molecule has 0 amide bonds. The van der Waals surface area contributed by atoms with Crippen LogP contribution in [0, 0.1) is 0 Å². The molecule has 0 aromatic carbocycles. The van der Waals surface area contributed by atoms with Gasteiger partial charge < -0.3 is 4.74 Å². The molecule has 0 aromatic heterocycles. The molecular formula is C7H13OS. The molecule has 0 aliphatic carbocycles. The molecule has 1 radical (unpaired) electrons. The molecule has 2 heteroatoms. The molecule has 0 aliphatic rings. The van der Waals surface area contributed by atoms with Gasteiger partial charge in [-0.3, -0.25) is 0 Å². The van der Waals surface area contributed by atoms with Crippen molar-refractivity contribution in [3.8, 4) is 0 Å². The van der Waals surface area contributed by atoms with Gasteiger partial charge in [0.1, 0.15) is 0 Å². The first-order valence-electron chi connectivity index (χ1n) is 3.34. The monoisotopic (exact) mass is 145 g/mol. The number of ether oxygens (including phenoxy) is 1. The molecule has 0 saturated carbocycles. The van der Waals surface area contributed by atoms with Gasteiger partial charge in [-0.2, -0.15) is 0 Å². The van der Waals surface area contributed by atoms with Crippen molar-refractivity contribution < 1.29 is 4.74 Å². The Hall–Kier alpha value is -0.110. The number of hydrogen-bond acceptors (Lipinski definition) is 2. The van der Waals surface area contributed by atoms with E-state index in [9.17, 15) is 0 Å². The standard InChI is InChI=1S/C7H13OS/c1-3-4-5-7(2)8-6-9/h7H,3-5H2,1-2H3. The van der Waals surface area contributed by atoms with Crippen molar-refractivity contribution in [3.05, 3.63) is 0 Å². The van der Waals surface area contributed by atoms with E-state index in [-0.39, 0.29) is 6.10 Å². The first kappa shape index (κ1) is 8.89. The van der Waals surface area contributed by atoms with Crippen LogP contribution in [0.3, 0.4) is 0 Å². The fourth-order valence-corrected chi connectivity index (χ4v) is 0.797. The first-order valence-corrected chi connectivity index (χ1v) is 3.74. The minimum Gasteiger partial charge on any atom is -0.477 e. The van der Waals surface area contributed by atoms with E-state index in [4.69, 9.17) is 4.74 Å². The molecule has 0 saturated heterocycles. The van der Waals surface area contributed by atoms with E-state index in [0.717, 1.165) is 6.42 Å². The molecule has 0 rings (SSSR count). The summed E-state index contributed by atoms with van der Waals surface area (Å²) in [4.78, 5) is 0. The summed E-state index contributed by atoms with van der Waals surface area (Å²) in [5.41, 5.74) is 2.26. The smallest absolute Gasteiger partial charge is 0.239 e. The van der Waals surface area contributed by atoms with E-state index >= 15 is 0 Å². The van der Waals surface area contributed by atoms with Gasteiger partial charge >= 0.3 is 0 Å². The van der Waals surface area contributed by atoms with Crippen LogP contribution >= 0.6 is 12.2 Å². The fraction of sp³-hybridized carbons (Fsp3) is 0.857. The first-order chi connectivity index (χ1) is 4.31. The van der Waals surface area contributed by atoms with Crippen LogP contribution < -0.4 is 0 Å². The van der Waals surface area contributed by atoms with E-state index in [0.29, 0.717) is 0 Å². The van der Waals surface area contributed by atoms with Crippen LogP contribution in [-0.2, 0) is 4.74 Å². The molecule has 1 atom stereocenters. The Morgan fingerprint density at radius 2 is 2.33 bits per heavy atom. The Morgan fingerprint density at radius 3 is 2.78 bits per heavy atom. The highest BCUT2D eigenvalue weighted by Gasteiger charge is 1.97. The third kappa shape index (κ3) is 5.77. The second-order valence-corrected chi connectivity index (χ2v) is 2.32. The van der Waals surface area contributed by atoms with Crippen LogP contribution in [0.15, 0.2) is 0 Å². The highest BCUT2D eigenvalue weighted by Crippen LogP contribution is 2.01. The van der Waals surface area contributed by atoms with E-state index in [1.165, 1.54) is 12.8 Å². The van der Waals surface area contributed by atoms with Gasteiger partial charge in [-0.05, 0) is 25.6 Å². The van der Waals surface area contributed by atoms with Gasteiger partial charge in [0.2, 0.25) is 5.55 Å². The summed E-state index contributed by atoms with van der Waals surface area (Å²) in [6, 6.07) is 0. The lowest BCUT2D eigenvalue weighted by Gasteiger charge is -2.06. The lowest BCUT2D eigenvalue weighted by Crippen LogP contribution is -2.04. The van der Waals surface area contributed by atoms with Crippen LogP contribution in [0.5, 0.6) is 0 Å². The fourth-order valence-electron chi connectivity index (χ4n) is 0.633. The number of rotatable bonds is 5. The average molecular weight is 145 g/mol. The van der Waals surface area contributed by atoms with Crippen molar-refractivity contribution in [2.75, 3.05) is 0 Å².